The molecule has 5 heteroatoms. The van der Waals surface area contributed by atoms with Crippen LogP contribution in [0.2, 0.25) is 0 Å². The number of rotatable bonds is 4. The van der Waals surface area contributed by atoms with Gasteiger partial charge in [0.2, 0.25) is 11.3 Å². The number of nitrogens with zero attached hydrogens (tertiary/aromatic N) is 1. The summed E-state index contributed by atoms with van der Waals surface area (Å²) < 4.78 is 1.60. The van der Waals surface area contributed by atoms with E-state index in [4.69, 9.17) is 5.73 Å². The highest BCUT2D eigenvalue weighted by atomic mass is 16.2. The molecule has 1 aromatic heterocycles. The number of hydrogen-bond donors (Lipinski definition) is 2. The average molecular weight is 237 g/mol. The van der Waals surface area contributed by atoms with Gasteiger partial charge in [0.1, 0.15) is 6.54 Å². The summed E-state index contributed by atoms with van der Waals surface area (Å²) >= 11 is 0. The van der Waals surface area contributed by atoms with Crippen molar-refractivity contribution in [2.75, 3.05) is 5.73 Å². The van der Waals surface area contributed by atoms with E-state index in [1.807, 2.05) is 20.8 Å². The standard InChI is InChI=1S/C12H19N3O2/c1-8(2)9(3)14-12(17)7-15-5-4-11(16)10(13)6-15/h4-6,8-9H,7,13H2,1-3H3,(H,14,17). The molecule has 0 aliphatic rings. The molecule has 0 aliphatic heterocycles. The van der Waals surface area contributed by atoms with E-state index >= 15 is 0 Å². The Morgan fingerprint density at radius 3 is 2.65 bits per heavy atom. The van der Waals surface area contributed by atoms with Crippen molar-refractivity contribution in [1.29, 1.82) is 0 Å². The van der Waals surface area contributed by atoms with E-state index in [0.29, 0.717) is 5.92 Å². The quantitative estimate of drug-likeness (QED) is 0.804. The van der Waals surface area contributed by atoms with Crippen LogP contribution in [0.1, 0.15) is 20.8 Å². The van der Waals surface area contributed by atoms with Gasteiger partial charge in [-0.1, -0.05) is 13.8 Å². The Morgan fingerprint density at radius 2 is 2.12 bits per heavy atom. The first-order chi connectivity index (χ1) is 7.90. The van der Waals surface area contributed by atoms with E-state index in [2.05, 4.69) is 5.32 Å². The monoisotopic (exact) mass is 237 g/mol. The molecule has 0 aromatic carbocycles. The van der Waals surface area contributed by atoms with Gasteiger partial charge in [-0.15, -0.1) is 0 Å². The first kappa shape index (κ1) is 13.3. The maximum Gasteiger partial charge on any atom is 0.240 e. The molecule has 1 amide bonds. The molecule has 1 rings (SSSR count). The van der Waals surface area contributed by atoms with Gasteiger partial charge in [0, 0.05) is 24.5 Å². The summed E-state index contributed by atoms with van der Waals surface area (Å²) in [6.07, 6.45) is 3.03. The van der Waals surface area contributed by atoms with Gasteiger partial charge in [0.25, 0.3) is 0 Å². The molecular formula is C12H19N3O2. The van der Waals surface area contributed by atoms with E-state index in [0.717, 1.165) is 0 Å². The van der Waals surface area contributed by atoms with Gasteiger partial charge in [-0.05, 0) is 12.8 Å². The highest BCUT2D eigenvalue weighted by Gasteiger charge is 2.10. The molecule has 0 saturated heterocycles. The smallest absolute Gasteiger partial charge is 0.240 e. The zero-order chi connectivity index (χ0) is 13.0. The molecule has 17 heavy (non-hydrogen) atoms. The molecule has 5 nitrogen and oxygen atoms in total. The van der Waals surface area contributed by atoms with Crippen LogP contribution >= 0.6 is 0 Å². The van der Waals surface area contributed by atoms with Crippen molar-refractivity contribution in [3.05, 3.63) is 28.7 Å². The summed E-state index contributed by atoms with van der Waals surface area (Å²) in [6.45, 7) is 6.22. The molecule has 1 atom stereocenters. The summed E-state index contributed by atoms with van der Waals surface area (Å²) in [4.78, 5) is 22.8. The van der Waals surface area contributed by atoms with Crippen LogP contribution in [0.4, 0.5) is 5.69 Å². The summed E-state index contributed by atoms with van der Waals surface area (Å²) in [5.41, 5.74) is 5.41. The molecule has 0 spiro atoms. The largest absolute Gasteiger partial charge is 0.394 e. The topological polar surface area (TPSA) is 77.1 Å². The number of carbonyl (C=O) groups is 1. The number of nitrogens with one attached hydrogen (secondary N) is 1. The number of carbonyl (C=O) groups excluding carboxylic acids is 1. The Bertz CT molecular complexity index is 451. The second-order valence-corrected chi connectivity index (χ2v) is 4.54. The van der Waals surface area contributed by atoms with Gasteiger partial charge in [-0.25, -0.2) is 0 Å². The molecule has 1 heterocycles. The molecule has 3 N–H and O–H groups in total. The summed E-state index contributed by atoms with van der Waals surface area (Å²) in [7, 11) is 0. The Balaban J connectivity index is 2.62. The number of nitrogens with two attached hydrogens (primary N) is 1. The van der Waals surface area contributed by atoms with Gasteiger partial charge in [-0.3, -0.25) is 9.59 Å². The van der Waals surface area contributed by atoms with Gasteiger partial charge in [0.15, 0.2) is 0 Å². The van der Waals surface area contributed by atoms with E-state index < -0.39 is 0 Å². The third-order valence-electron chi connectivity index (χ3n) is 2.72. The lowest BCUT2D eigenvalue weighted by molar-refractivity contribution is -0.122. The number of pyridine rings is 1. The number of amides is 1. The number of nitrogen functional groups attached to an aromatic ring is 1. The first-order valence-corrected chi connectivity index (χ1v) is 5.65. The Kier molecular flexibility index (Phi) is 4.31. The van der Waals surface area contributed by atoms with Crippen LogP contribution in [-0.2, 0) is 11.3 Å². The van der Waals surface area contributed by atoms with Crippen LogP contribution in [0.5, 0.6) is 0 Å². The van der Waals surface area contributed by atoms with Crippen molar-refractivity contribution >= 4 is 11.6 Å². The molecular weight excluding hydrogens is 218 g/mol. The maximum absolute atomic E-state index is 11.7. The van der Waals surface area contributed by atoms with E-state index in [1.54, 1.807) is 10.8 Å². The fraction of sp³-hybridized carbons (Fsp3) is 0.500. The lowest BCUT2D eigenvalue weighted by Crippen LogP contribution is -2.38. The Hall–Kier alpha value is -1.78. The van der Waals surface area contributed by atoms with Crippen molar-refractivity contribution in [3.8, 4) is 0 Å². The van der Waals surface area contributed by atoms with Gasteiger partial charge in [0.05, 0.1) is 5.69 Å². The fourth-order valence-corrected chi connectivity index (χ4v) is 1.28. The van der Waals surface area contributed by atoms with Crippen molar-refractivity contribution in [2.45, 2.75) is 33.4 Å². The van der Waals surface area contributed by atoms with Crippen LogP contribution in [0.3, 0.4) is 0 Å². The van der Waals surface area contributed by atoms with E-state index in [-0.39, 0.29) is 29.6 Å². The minimum absolute atomic E-state index is 0.0887. The van der Waals surface area contributed by atoms with Crippen LogP contribution in [0, 0.1) is 5.92 Å². The molecule has 0 saturated carbocycles. The first-order valence-electron chi connectivity index (χ1n) is 5.65. The van der Waals surface area contributed by atoms with Crippen molar-refractivity contribution in [1.82, 2.24) is 9.88 Å². The Morgan fingerprint density at radius 1 is 1.47 bits per heavy atom. The van der Waals surface area contributed by atoms with Crippen LogP contribution in [0.15, 0.2) is 23.3 Å². The van der Waals surface area contributed by atoms with Crippen LogP contribution in [-0.4, -0.2) is 16.5 Å². The Labute approximate surface area is 101 Å². The minimum Gasteiger partial charge on any atom is -0.394 e. The highest BCUT2D eigenvalue weighted by Crippen LogP contribution is 2.00. The lowest BCUT2D eigenvalue weighted by atomic mass is 10.1. The maximum atomic E-state index is 11.7. The zero-order valence-electron chi connectivity index (χ0n) is 10.4. The molecule has 0 aliphatic carbocycles. The SMILES string of the molecule is CC(C)C(C)NC(=O)Cn1ccc(=O)c(N)c1. The van der Waals surface area contributed by atoms with Gasteiger partial charge >= 0.3 is 0 Å². The molecule has 1 aromatic rings. The minimum atomic E-state index is -0.225. The number of anilines is 1. The predicted octanol–water partition coefficient (Wildman–Crippen LogP) is 0.591. The lowest BCUT2D eigenvalue weighted by Gasteiger charge is -2.17. The second-order valence-electron chi connectivity index (χ2n) is 4.54. The second kappa shape index (κ2) is 5.52. The van der Waals surface area contributed by atoms with Crippen LogP contribution < -0.4 is 16.5 Å². The summed E-state index contributed by atoms with van der Waals surface area (Å²) in [5, 5.41) is 2.88. The van der Waals surface area contributed by atoms with Crippen molar-refractivity contribution < 1.29 is 4.79 Å². The van der Waals surface area contributed by atoms with Crippen LogP contribution in [0.25, 0.3) is 0 Å². The van der Waals surface area contributed by atoms with E-state index in [1.165, 1.54) is 12.3 Å². The predicted molar refractivity (Wildman–Crippen MR) is 67.6 cm³/mol. The highest BCUT2D eigenvalue weighted by molar-refractivity contribution is 5.76. The molecule has 94 valence electrons. The molecule has 1 unspecified atom stereocenters. The van der Waals surface area contributed by atoms with Gasteiger partial charge in [-0.2, -0.15) is 0 Å². The fourth-order valence-electron chi connectivity index (χ4n) is 1.28. The summed E-state index contributed by atoms with van der Waals surface area (Å²) in [6, 6.07) is 1.48. The molecule has 0 radical (unpaired) electrons. The van der Waals surface area contributed by atoms with Crippen molar-refractivity contribution in [3.63, 3.8) is 0 Å². The molecule has 0 fully saturated rings. The van der Waals surface area contributed by atoms with Crippen molar-refractivity contribution in [2.24, 2.45) is 5.92 Å². The van der Waals surface area contributed by atoms with Gasteiger partial charge < -0.3 is 15.6 Å². The zero-order valence-corrected chi connectivity index (χ0v) is 10.4. The third-order valence-corrected chi connectivity index (χ3v) is 2.72. The molecule has 0 bridgehead atoms. The summed E-state index contributed by atoms with van der Waals surface area (Å²) in [5.74, 6) is 0.298. The number of hydrogen-bond acceptors (Lipinski definition) is 3. The third kappa shape index (κ3) is 3.94. The van der Waals surface area contributed by atoms with E-state index in [9.17, 15) is 9.59 Å². The number of aromatic nitrogens is 1. The average Bonchev–Trinajstić information content (AvgIpc) is 2.23. The normalized spacial score (nSPS) is 12.5.